The van der Waals surface area contributed by atoms with Crippen molar-refractivity contribution in [2.75, 3.05) is 25.6 Å². The summed E-state index contributed by atoms with van der Waals surface area (Å²) in [5.41, 5.74) is 0.774. The van der Waals surface area contributed by atoms with Crippen LogP contribution in [0.25, 0.3) is 0 Å². The number of hydrogen-bond donors (Lipinski definition) is 1. The Hall–Kier alpha value is -2.93. The van der Waals surface area contributed by atoms with E-state index in [4.69, 9.17) is 14.2 Å². The fraction of sp³-hybridized carbons (Fsp3) is 0.300. The van der Waals surface area contributed by atoms with Crippen LogP contribution in [0.3, 0.4) is 0 Å². The Morgan fingerprint density at radius 1 is 1.15 bits per heavy atom. The average Bonchev–Trinajstić information content (AvgIpc) is 2.63. The first-order valence-corrected chi connectivity index (χ1v) is 8.40. The molecule has 0 radical (unpaired) electrons. The van der Waals surface area contributed by atoms with Crippen molar-refractivity contribution in [3.8, 4) is 11.5 Å². The van der Waals surface area contributed by atoms with Crippen molar-refractivity contribution in [3.05, 3.63) is 53.8 Å². The molecule has 0 fully saturated rings. The second-order valence-corrected chi connectivity index (χ2v) is 5.82. The normalized spacial score (nSPS) is 11.6. The van der Waals surface area contributed by atoms with Crippen molar-refractivity contribution in [1.82, 2.24) is 0 Å². The van der Waals surface area contributed by atoms with Gasteiger partial charge in [0.05, 0.1) is 6.61 Å². The first kappa shape index (κ1) is 20.4. The molecule has 2 rings (SSSR count). The number of rotatable bonds is 9. The molecule has 7 heteroatoms. The highest BCUT2D eigenvalue weighted by Crippen LogP contribution is 2.22. The number of Topliss-reactive ketones (excluding diaryl/α,β-unsaturated/α-hetero) is 1. The van der Waals surface area contributed by atoms with Crippen molar-refractivity contribution >= 4 is 17.4 Å². The summed E-state index contributed by atoms with van der Waals surface area (Å²) in [7, 11) is 1.53. The smallest absolute Gasteiger partial charge is 0.265 e. The van der Waals surface area contributed by atoms with Crippen LogP contribution in [0.5, 0.6) is 11.5 Å². The standard InChI is InChI=1S/C20H22FNO5/c1-13(23)15-5-4-6-17(11-15)27-14(2)20(24)22-16-7-8-19(18(21)12-16)26-10-9-25-3/h4-8,11-12,14H,9-10H2,1-3H3,(H,22,24). The maximum atomic E-state index is 14.0. The van der Waals surface area contributed by atoms with E-state index in [1.807, 2.05) is 0 Å². The van der Waals surface area contributed by atoms with Gasteiger partial charge in [0.15, 0.2) is 23.5 Å². The molecule has 0 bridgehead atoms. The van der Waals surface area contributed by atoms with Crippen LogP contribution in [-0.2, 0) is 9.53 Å². The minimum Gasteiger partial charge on any atom is -0.488 e. The number of amides is 1. The number of carbonyl (C=O) groups excluding carboxylic acids is 2. The highest BCUT2D eigenvalue weighted by atomic mass is 19.1. The van der Waals surface area contributed by atoms with Crippen LogP contribution in [0.4, 0.5) is 10.1 Å². The summed E-state index contributed by atoms with van der Waals surface area (Å²) in [6.45, 7) is 3.59. The van der Waals surface area contributed by atoms with Gasteiger partial charge >= 0.3 is 0 Å². The third-order valence-electron chi connectivity index (χ3n) is 3.67. The molecule has 0 aliphatic heterocycles. The topological polar surface area (TPSA) is 73.9 Å². The van der Waals surface area contributed by atoms with E-state index in [0.717, 1.165) is 0 Å². The van der Waals surface area contributed by atoms with Gasteiger partial charge in [-0.15, -0.1) is 0 Å². The molecule has 0 aromatic heterocycles. The Balaban J connectivity index is 1.96. The number of nitrogens with one attached hydrogen (secondary N) is 1. The average molecular weight is 375 g/mol. The van der Waals surface area contributed by atoms with Gasteiger partial charge in [0.1, 0.15) is 12.4 Å². The largest absolute Gasteiger partial charge is 0.488 e. The third-order valence-corrected chi connectivity index (χ3v) is 3.67. The minimum absolute atomic E-state index is 0.0791. The summed E-state index contributed by atoms with van der Waals surface area (Å²) in [4.78, 5) is 23.7. The maximum Gasteiger partial charge on any atom is 0.265 e. The summed E-state index contributed by atoms with van der Waals surface area (Å²) in [6, 6.07) is 10.7. The number of methoxy groups -OCH3 is 1. The Kier molecular flexibility index (Phi) is 7.31. The van der Waals surface area contributed by atoms with E-state index < -0.39 is 17.8 Å². The number of hydrogen-bond acceptors (Lipinski definition) is 5. The predicted octanol–water partition coefficient (Wildman–Crippen LogP) is 3.46. The maximum absolute atomic E-state index is 14.0. The van der Waals surface area contributed by atoms with Crippen molar-refractivity contribution in [3.63, 3.8) is 0 Å². The SMILES string of the molecule is COCCOc1ccc(NC(=O)C(C)Oc2cccc(C(C)=O)c2)cc1F. The van der Waals surface area contributed by atoms with Gasteiger partial charge < -0.3 is 19.5 Å². The Labute approximate surface area is 157 Å². The Bertz CT molecular complexity index is 809. The molecule has 0 saturated carbocycles. The first-order chi connectivity index (χ1) is 12.9. The zero-order valence-electron chi connectivity index (χ0n) is 15.5. The molecular formula is C20H22FNO5. The van der Waals surface area contributed by atoms with Crippen LogP contribution in [0, 0.1) is 5.82 Å². The lowest BCUT2D eigenvalue weighted by Crippen LogP contribution is -2.30. The van der Waals surface area contributed by atoms with Crippen LogP contribution in [0.2, 0.25) is 0 Å². The van der Waals surface area contributed by atoms with E-state index in [2.05, 4.69) is 5.32 Å². The summed E-state index contributed by atoms with van der Waals surface area (Å²) >= 11 is 0. The zero-order valence-corrected chi connectivity index (χ0v) is 15.5. The molecule has 144 valence electrons. The quantitative estimate of drug-likeness (QED) is 0.537. The van der Waals surface area contributed by atoms with E-state index in [-0.39, 0.29) is 23.8 Å². The van der Waals surface area contributed by atoms with Crippen molar-refractivity contribution in [2.45, 2.75) is 20.0 Å². The monoisotopic (exact) mass is 375 g/mol. The summed E-state index contributed by atoms with van der Waals surface area (Å²) in [5, 5.41) is 2.58. The number of ether oxygens (including phenoxy) is 3. The molecule has 0 aliphatic rings. The predicted molar refractivity (Wildman–Crippen MR) is 98.9 cm³/mol. The lowest BCUT2D eigenvalue weighted by Gasteiger charge is -2.15. The van der Waals surface area contributed by atoms with E-state index in [0.29, 0.717) is 17.9 Å². The number of anilines is 1. The highest BCUT2D eigenvalue weighted by Gasteiger charge is 2.16. The summed E-state index contributed by atoms with van der Waals surface area (Å²) in [6.07, 6.45) is -0.840. The summed E-state index contributed by atoms with van der Waals surface area (Å²) in [5.74, 6) is -0.656. The lowest BCUT2D eigenvalue weighted by molar-refractivity contribution is -0.122. The molecule has 1 amide bonds. The van der Waals surface area contributed by atoms with Gasteiger partial charge in [0, 0.05) is 24.4 Å². The van der Waals surface area contributed by atoms with Crippen LogP contribution in [0.1, 0.15) is 24.2 Å². The second kappa shape index (κ2) is 9.68. The Morgan fingerprint density at radius 2 is 1.93 bits per heavy atom. The number of halogens is 1. The second-order valence-electron chi connectivity index (χ2n) is 5.82. The van der Waals surface area contributed by atoms with Crippen molar-refractivity contribution < 1.29 is 28.2 Å². The number of benzene rings is 2. The number of carbonyl (C=O) groups is 2. The van der Waals surface area contributed by atoms with Crippen LogP contribution in [0.15, 0.2) is 42.5 Å². The van der Waals surface area contributed by atoms with Gasteiger partial charge in [-0.2, -0.15) is 0 Å². The number of ketones is 1. The third kappa shape index (κ3) is 6.07. The van der Waals surface area contributed by atoms with Gasteiger partial charge in [-0.05, 0) is 38.1 Å². The zero-order chi connectivity index (χ0) is 19.8. The highest BCUT2D eigenvalue weighted by molar-refractivity contribution is 5.95. The molecule has 2 aromatic carbocycles. The molecule has 0 aliphatic carbocycles. The van der Waals surface area contributed by atoms with Crippen LogP contribution >= 0.6 is 0 Å². The van der Waals surface area contributed by atoms with E-state index >= 15 is 0 Å². The van der Waals surface area contributed by atoms with Gasteiger partial charge in [0.2, 0.25) is 0 Å². The molecule has 0 heterocycles. The fourth-order valence-electron chi connectivity index (χ4n) is 2.22. The van der Waals surface area contributed by atoms with Crippen LogP contribution in [-0.4, -0.2) is 38.1 Å². The van der Waals surface area contributed by atoms with E-state index in [1.165, 1.54) is 32.2 Å². The molecule has 2 aromatic rings. The van der Waals surface area contributed by atoms with E-state index in [1.54, 1.807) is 31.2 Å². The van der Waals surface area contributed by atoms with Gasteiger partial charge in [-0.1, -0.05) is 12.1 Å². The Morgan fingerprint density at radius 3 is 2.59 bits per heavy atom. The van der Waals surface area contributed by atoms with Crippen molar-refractivity contribution in [1.29, 1.82) is 0 Å². The lowest BCUT2D eigenvalue weighted by atomic mass is 10.1. The summed E-state index contributed by atoms with van der Waals surface area (Å²) < 4.78 is 29.6. The van der Waals surface area contributed by atoms with Gasteiger partial charge in [0.25, 0.3) is 5.91 Å². The fourth-order valence-corrected chi connectivity index (χ4v) is 2.22. The molecule has 27 heavy (non-hydrogen) atoms. The minimum atomic E-state index is -0.840. The molecular weight excluding hydrogens is 353 g/mol. The van der Waals surface area contributed by atoms with Gasteiger partial charge in [-0.25, -0.2) is 4.39 Å². The molecule has 1 atom stereocenters. The molecule has 0 spiro atoms. The van der Waals surface area contributed by atoms with Gasteiger partial charge in [-0.3, -0.25) is 9.59 Å². The van der Waals surface area contributed by atoms with Crippen LogP contribution < -0.4 is 14.8 Å². The molecule has 1 N–H and O–H groups in total. The molecule has 1 unspecified atom stereocenters. The van der Waals surface area contributed by atoms with Crippen molar-refractivity contribution in [2.24, 2.45) is 0 Å². The molecule has 6 nitrogen and oxygen atoms in total. The van der Waals surface area contributed by atoms with E-state index in [9.17, 15) is 14.0 Å². The first-order valence-electron chi connectivity index (χ1n) is 8.40. The molecule has 0 saturated heterocycles.